The van der Waals surface area contributed by atoms with Gasteiger partial charge in [-0.3, -0.25) is 37.3 Å². The first-order valence-electron chi connectivity index (χ1n) is 36.7. The van der Waals surface area contributed by atoms with Crippen LogP contribution in [0, 0.1) is 5.92 Å². The Morgan fingerprint density at radius 3 is 0.798 bits per heavy atom. The highest BCUT2D eigenvalue weighted by Crippen LogP contribution is 2.45. The van der Waals surface area contributed by atoms with Crippen LogP contribution in [0.2, 0.25) is 0 Å². The monoisotopic (exact) mass is 1310 g/mol. The molecule has 0 aliphatic rings. The summed E-state index contributed by atoms with van der Waals surface area (Å²) >= 11 is 0. The maximum absolute atomic E-state index is 13.0. The summed E-state index contributed by atoms with van der Waals surface area (Å²) in [5.41, 5.74) is 0. The van der Waals surface area contributed by atoms with Crippen molar-refractivity contribution < 1.29 is 80.2 Å². The summed E-state index contributed by atoms with van der Waals surface area (Å²) in [6, 6.07) is 0. The summed E-state index contributed by atoms with van der Waals surface area (Å²) in [5, 5.41) is 10.6. The molecule has 3 N–H and O–H groups in total. The first-order chi connectivity index (χ1) is 43.1. The SMILES string of the molecule is CCCCCCCCCCCCCCCCCCC(=O)O[C@H](COC(=O)CCCCCCCCCCCCCCC)COP(=O)(O)OC[C@@H](O)COP(=O)(O)OC[C@@H](COC(=O)CCCCCCCCCCCC)OC(=O)CCCCCCCCC(C)CC. The quantitative estimate of drug-likeness (QED) is 0.0222. The second-order valence-electron chi connectivity index (χ2n) is 25.5. The molecule has 0 saturated heterocycles. The second kappa shape index (κ2) is 63.5. The van der Waals surface area contributed by atoms with Gasteiger partial charge in [0.2, 0.25) is 0 Å². The van der Waals surface area contributed by atoms with Gasteiger partial charge in [-0.15, -0.1) is 0 Å². The highest BCUT2D eigenvalue weighted by Gasteiger charge is 2.30. The molecule has 6 atom stereocenters. The van der Waals surface area contributed by atoms with Gasteiger partial charge in [0.1, 0.15) is 19.3 Å². The van der Waals surface area contributed by atoms with Crippen LogP contribution in [0.3, 0.4) is 0 Å². The van der Waals surface area contributed by atoms with E-state index in [4.69, 9.17) is 37.0 Å². The van der Waals surface area contributed by atoms with Crippen molar-refractivity contribution in [3.8, 4) is 0 Å². The predicted octanol–water partition coefficient (Wildman–Crippen LogP) is 20.1. The lowest BCUT2D eigenvalue weighted by molar-refractivity contribution is -0.161. The van der Waals surface area contributed by atoms with E-state index in [9.17, 15) is 43.2 Å². The van der Waals surface area contributed by atoms with Gasteiger partial charge in [-0.05, 0) is 31.6 Å². The van der Waals surface area contributed by atoms with Crippen LogP contribution < -0.4 is 0 Å². The van der Waals surface area contributed by atoms with Gasteiger partial charge in [0.25, 0.3) is 0 Å². The highest BCUT2D eigenvalue weighted by molar-refractivity contribution is 7.47. The molecule has 0 aromatic heterocycles. The molecule has 0 saturated carbocycles. The number of hydrogen-bond donors (Lipinski definition) is 3. The van der Waals surface area contributed by atoms with Gasteiger partial charge in [0.15, 0.2) is 12.2 Å². The van der Waals surface area contributed by atoms with E-state index in [1.807, 2.05) is 0 Å². The topological polar surface area (TPSA) is 237 Å². The van der Waals surface area contributed by atoms with E-state index in [-0.39, 0.29) is 25.7 Å². The van der Waals surface area contributed by atoms with Crippen LogP contribution >= 0.6 is 15.6 Å². The number of carbonyl (C=O) groups excluding carboxylic acids is 4. The van der Waals surface area contributed by atoms with Crippen molar-refractivity contribution in [1.29, 1.82) is 0 Å². The fraction of sp³-hybridized carbons (Fsp3) is 0.943. The Balaban J connectivity index is 5.23. The molecule has 0 aromatic carbocycles. The Kier molecular flexibility index (Phi) is 62.1. The van der Waals surface area contributed by atoms with Crippen molar-refractivity contribution >= 4 is 39.5 Å². The van der Waals surface area contributed by atoms with Crippen molar-refractivity contribution in [3.05, 3.63) is 0 Å². The minimum absolute atomic E-state index is 0.103. The van der Waals surface area contributed by atoms with E-state index in [0.717, 1.165) is 95.8 Å². The summed E-state index contributed by atoms with van der Waals surface area (Å²) < 4.78 is 68.3. The zero-order chi connectivity index (χ0) is 65.6. The average Bonchev–Trinajstić information content (AvgIpc) is 3.66. The van der Waals surface area contributed by atoms with E-state index in [0.29, 0.717) is 25.7 Å². The summed E-state index contributed by atoms with van der Waals surface area (Å²) in [7, 11) is -9.90. The third-order valence-corrected chi connectivity index (χ3v) is 18.5. The van der Waals surface area contributed by atoms with Crippen molar-refractivity contribution in [2.75, 3.05) is 39.6 Å². The zero-order valence-electron chi connectivity index (χ0n) is 57.6. The number of unbranched alkanes of at least 4 members (excludes halogenated alkanes) is 41. The maximum Gasteiger partial charge on any atom is 0.472 e. The summed E-state index contributed by atoms with van der Waals surface area (Å²) in [5.74, 6) is -1.40. The lowest BCUT2D eigenvalue weighted by Crippen LogP contribution is -2.30. The Bertz CT molecular complexity index is 1720. The third-order valence-electron chi connectivity index (χ3n) is 16.6. The Morgan fingerprint density at radius 2 is 0.539 bits per heavy atom. The van der Waals surface area contributed by atoms with Crippen LogP contribution in [0.4, 0.5) is 0 Å². The summed E-state index contributed by atoms with van der Waals surface area (Å²) in [6.45, 7) is 7.20. The molecule has 0 bridgehead atoms. The number of phosphoric ester groups is 2. The number of hydrogen-bond acceptors (Lipinski definition) is 15. The molecule has 0 fully saturated rings. The number of carbonyl (C=O) groups is 4. The van der Waals surface area contributed by atoms with Crippen molar-refractivity contribution in [2.45, 2.75) is 380 Å². The van der Waals surface area contributed by atoms with Crippen LogP contribution in [0.5, 0.6) is 0 Å². The molecule has 0 amide bonds. The smallest absolute Gasteiger partial charge is 0.462 e. The Labute approximate surface area is 543 Å². The number of aliphatic hydroxyl groups is 1. The first kappa shape index (κ1) is 87.1. The van der Waals surface area contributed by atoms with Crippen LogP contribution in [0.1, 0.15) is 362 Å². The van der Waals surface area contributed by atoms with E-state index in [1.54, 1.807) is 0 Å². The van der Waals surface area contributed by atoms with Crippen molar-refractivity contribution in [1.82, 2.24) is 0 Å². The largest absolute Gasteiger partial charge is 0.472 e. The number of phosphoric acid groups is 2. The number of rotatable bonds is 70. The van der Waals surface area contributed by atoms with Crippen molar-refractivity contribution in [3.63, 3.8) is 0 Å². The standard InChI is InChI=1S/C70H136O17P2/c1-6-10-13-16-19-22-25-27-28-29-31-33-36-39-45-50-55-69(74)86-65(59-80-68(73)54-49-44-38-35-32-30-26-23-20-17-14-11-7-2)61-84-88(76,77)82-57-64(71)58-83-89(78,79)85-62-66(87-70(75)56-51-46-41-40-42-47-52-63(5)9-4)60-81-67(72)53-48-43-37-34-24-21-18-15-12-8-3/h63-66,71H,6-62H2,1-5H3,(H,76,77)(H,78,79)/t63?,64-,65-,66-/m1/s1. The van der Waals surface area contributed by atoms with Gasteiger partial charge in [0.05, 0.1) is 26.4 Å². The molecule has 0 heterocycles. The average molecular weight is 1310 g/mol. The molecule has 0 aromatic rings. The second-order valence-corrected chi connectivity index (χ2v) is 28.4. The zero-order valence-corrected chi connectivity index (χ0v) is 59.4. The van der Waals surface area contributed by atoms with Gasteiger partial charge in [0, 0.05) is 25.7 Å². The van der Waals surface area contributed by atoms with Crippen molar-refractivity contribution in [2.24, 2.45) is 5.92 Å². The predicted molar refractivity (Wildman–Crippen MR) is 358 cm³/mol. The molecule has 528 valence electrons. The van der Waals surface area contributed by atoms with Gasteiger partial charge >= 0.3 is 39.5 Å². The van der Waals surface area contributed by atoms with Gasteiger partial charge in [-0.1, -0.05) is 311 Å². The minimum atomic E-state index is -4.95. The number of esters is 4. The van der Waals surface area contributed by atoms with Gasteiger partial charge < -0.3 is 33.8 Å². The van der Waals surface area contributed by atoms with Gasteiger partial charge in [-0.2, -0.15) is 0 Å². The van der Waals surface area contributed by atoms with E-state index in [1.165, 1.54) is 186 Å². The maximum atomic E-state index is 13.0. The van der Waals surface area contributed by atoms with E-state index in [2.05, 4.69) is 34.6 Å². The molecule has 0 radical (unpaired) electrons. The molecular weight excluding hydrogens is 1170 g/mol. The molecule has 0 aliphatic carbocycles. The van der Waals surface area contributed by atoms with E-state index >= 15 is 0 Å². The molecular formula is C70H136O17P2. The van der Waals surface area contributed by atoms with E-state index < -0.39 is 97.5 Å². The normalized spacial score (nSPS) is 14.4. The lowest BCUT2D eigenvalue weighted by atomic mass is 10.00. The highest BCUT2D eigenvalue weighted by atomic mass is 31.2. The van der Waals surface area contributed by atoms with Crippen LogP contribution in [-0.2, 0) is 65.4 Å². The van der Waals surface area contributed by atoms with Gasteiger partial charge in [-0.25, -0.2) is 9.13 Å². The fourth-order valence-corrected chi connectivity index (χ4v) is 12.2. The summed E-state index contributed by atoms with van der Waals surface area (Å²) in [6.07, 6.45) is 49.9. The molecule has 19 heteroatoms. The summed E-state index contributed by atoms with van der Waals surface area (Å²) in [4.78, 5) is 72.5. The lowest BCUT2D eigenvalue weighted by Gasteiger charge is -2.21. The number of ether oxygens (including phenoxy) is 4. The minimum Gasteiger partial charge on any atom is -0.462 e. The van der Waals surface area contributed by atoms with Crippen LogP contribution in [0.25, 0.3) is 0 Å². The molecule has 17 nitrogen and oxygen atoms in total. The molecule has 0 rings (SSSR count). The van der Waals surface area contributed by atoms with Crippen LogP contribution in [0.15, 0.2) is 0 Å². The number of aliphatic hydroxyl groups excluding tert-OH is 1. The Hall–Kier alpha value is -1.94. The molecule has 3 unspecified atom stereocenters. The van der Waals surface area contributed by atoms with Crippen LogP contribution in [-0.4, -0.2) is 96.7 Å². The molecule has 0 aliphatic heterocycles. The molecule has 0 spiro atoms. The third kappa shape index (κ3) is 63.2. The fourth-order valence-electron chi connectivity index (χ4n) is 10.6. The first-order valence-corrected chi connectivity index (χ1v) is 39.7. The Morgan fingerprint density at radius 1 is 0.315 bits per heavy atom. The molecule has 89 heavy (non-hydrogen) atoms.